The Kier molecular flexibility index (Phi) is 4.42. The van der Waals surface area contributed by atoms with E-state index < -0.39 is 35.2 Å². The Hall–Kier alpha value is -3.29. The van der Waals surface area contributed by atoms with Gasteiger partial charge in [0.15, 0.2) is 0 Å². The first-order chi connectivity index (χ1) is 12.0. The number of anilines is 2. The van der Waals surface area contributed by atoms with E-state index in [-0.39, 0.29) is 12.1 Å². The fourth-order valence-electron chi connectivity index (χ4n) is 2.49. The summed E-state index contributed by atoms with van der Waals surface area (Å²) in [6.07, 6.45) is -0.0634. The molecule has 2 aromatic rings. The molecule has 1 heterocycles. The zero-order chi connectivity index (χ0) is 18.0. The fraction of sp³-hybridized carbons (Fsp3) is 0.118. The lowest BCUT2D eigenvalue weighted by Gasteiger charge is -2.20. The number of nitrogens with one attached hydrogen (secondary N) is 1. The van der Waals surface area contributed by atoms with Gasteiger partial charge < -0.3 is 11.1 Å². The summed E-state index contributed by atoms with van der Waals surface area (Å²) in [4.78, 5) is 24.0. The number of hydrogen-bond donors (Lipinski definition) is 2. The molecule has 2 aromatic carbocycles. The summed E-state index contributed by atoms with van der Waals surface area (Å²) < 4.78 is 27.3. The first-order valence-corrected chi connectivity index (χ1v) is 7.44. The van der Waals surface area contributed by atoms with Crippen molar-refractivity contribution < 1.29 is 18.4 Å². The molecule has 0 aliphatic carbocycles. The zero-order valence-electron chi connectivity index (χ0n) is 12.9. The molecular weight excluding hydrogens is 330 g/mol. The molecule has 0 bridgehead atoms. The van der Waals surface area contributed by atoms with Gasteiger partial charge in [-0.1, -0.05) is 24.3 Å². The maximum absolute atomic E-state index is 13.7. The van der Waals surface area contributed by atoms with Gasteiger partial charge in [-0.2, -0.15) is 5.10 Å². The number of nitrogens with two attached hydrogens (primary N) is 1. The summed E-state index contributed by atoms with van der Waals surface area (Å²) in [7, 11) is 0. The van der Waals surface area contributed by atoms with Crippen molar-refractivity contribution in [3.63, 3.8) is 0 Å². The van der Waals surface area contributed by atoms with E-state index in [2.05, 4.69) is 10.4 Å². The van der Waals surface area contributed by atoms with Crippen LogP contribution in [-0.2, 0) is 9.59 Å². The minimum atomic E-state index is -0.904. The molecule has 3 N–H and O–H groups in total. The van der Waals surface area contributed by atoms with Crippen LogP contribution in [0.4, 0.5) is 20.2 Å². The van der Waals surface area contributed by atoms with Gasteiger partial charge in [-0.25, -0.2) is 8.78 Å². The fourth-order valence-corrected chi connectivity index (χ4v) is 2.49. The van der Waals surface area contributed by atoms with E-state index in [4.69, 9.17) is 5.73 Å². The average molecular weight is 344 g/mol. The summed E-state index contributed by atoms with van der Waals surface area (Å²) in [5.41, 5.74) is 5.35. The summed E-state index contributed by atoms with van der Waals surface area (Å²) in [5.74, 6) is -3.27. The van der Waals surface area contributed by atoms with E-state index in [0.29, 0.717) is 5.69 Å². The van der Waals surface area contributed by atoms with Crippen LogP contribution in [0, 0.1) is 11.6 Å². The third-order valence-electron chi connectivity index (χ3n) is 3.72. The highest BCUT2D eigenvalue weighted by atomic mass is 19.1. The number of para-hydroxylation sites is 2. The van der Waals surface area contributed by atoms with Crippen LogP contribution in [0.25, 0.3) is 0 Å². The van der Waals surface area contributed by atoms with Crippen LogP contribution in [0.15, 0.2) is 53.6 Å². The number of nitrogens with zero attached hydrogens (tertiary/aromatic N) is 2. The molecule has 0 saturated carbocycles. The number of hydrazone groups is 1. The van der Waals surface area contributed by atoms with Gasteiger partial charge in [0.05, 0.1) is 5.69 Å². The first-order valence-electron chi connectivity index (χ1n) is 7.44. The molecule has 1 aliphatic heterocycles. The molecule has 0 spiro atoms. The Labute approximate surface area is 141 Å². The Morgan fingerprint density at radius 3 is 2.32 bits per heavy atom. The molecule has 1 unspecified atom stereocenters. The van der Waals surface area contributed by atoms with E-state index in [1.165, 1.54) is 11.1 Å². The number of hydrogen-bond acceptors (Lipinski definition) is 4. The quantitative estimate of drug-likeness (QED) is 0.889. The van der Waals surface area contributed by atoms with Crippen LogP contribution < -0.4 is 16.1 Å². The highest BCUT2D eigenvalue weighted by molar-refractivity contribution is 6.44. The summed E-state index contributed by atoms with van der Waals surface area (Å²) in [6.45, 7) is 0. The monoisotopic (exact) mass is 344 g/mol. The largest absolute Gasteiger partial charge is 0.368 e. The number of amides is 2. The standard InChI is InChI=1S/C17H14F2N4O2/c18-11-7-4-8-12(19)15(11)21-17(25)13-9-14(16(20)24)23(22-13)10-5-2-1-3-6-10/h1-8,14H,9H2,(H2,20,24)(H,21,25). The number of benzene rings is 2. The van der Waals surface area contributed by atoms with E-state index in [1.807, 2.05) is 0 Å². The lowest BCUT2D eigenvalue weighted by atomic mass is 10.1. The van der Waals surface area contributed by atoms with Gasteiger partial charge in [0.25, 0.3) is 5.91 Å². The van der Waals surface area contributed by atoms with Crippen molar-refractivity contribution in [2.24, 2.45) is 10.8 Å². The lowest BCUT2D eigenvalue weighted by Crippen LogP contribution is -2.39. The van der Waals surface area contributed by atoms with Gasteiger partial charge in [0.2, 0.25) is 5.91 Å². The van der Waals surface area contributed by atoms with Crippen LogP contribution in [0.2, 0.25) is 0 Å². The Morgan fingerprint density at radius 1 is 1.08 bits per heavy atom. The molecule has 6 nitrogen and oxygen atoms in total. The molecule has 1 atom stereocenters. The highest BCUT2D eigenvalue weighted by Crippen LogP contribution is 2.25. The van der Waals surface area contributed by atoms with Gasteiger partial charge in [-0.15, -0.1) is 0 Å². The van der Waals surface area contributed by atoms with Crippen molar-refractivity contribution in [3.8, 4) is 0 Å². The second-order valence-corrected chi connectivity index (χ2v) is 5.40. The van der Waals surface area contributed by atoms with Crippen LogP contribution >= 0.6 is 0 Å². The molecule has 25 heavy (non-hydrogen) atoms. The molecule has 3 rings (SSSR count). The Bertz CT molecular complexity index is 835. The van der Waals surface area contributed by atoms with E-state index in [1.54, 1.807) is 30.3 Å². The van der Waals surface area contributed by atoms with Crippen molar-refractivity contribution in [1.82, 2.24) is 0 Å². The van der Waals surface area contributed by atoms with Crippen LogP contribution in [0.3, 0.4) is 0 Å². The Morgan fingerprint density at radius 2 is 1.72 bits per heavy atom. The first kappa shape index (κ1) is 16.6. The van der Waals surface area contributed by atoms with E-state index >= 15 is 0 Å². The second kappa shape index (κ2) is 6.68. The molecule has 0 fully saturated rings. The van der Waals surface area contributed by atoms with Crippen molar-refractivity contribution in [2.45, 2.75) is 12.5 Å². The van der Waals surface area contributed by atoms with Crippen molar-refractivity contribution in [1.29, 1.82) is 0 Å². The van der Waals surface area contributed by atoms with Crippen molar-refractivity contribution in [2.75, 3.05) is 10.3 Å². The van der Waals surface area contributed by atoms with Gasteiger partial charge in [-0.05, 0) is 24.3 Å². The predicted octanol–water partition coefficient (Wildman–Crippen LogP) is 2.02. The van der Waals surface area contributed by atoms with Crippen molar-refractivity contribution in [3.05, 3.63) is 60.2 Å². The lowest BCUT2D eigenvalue weighted by molar-refractivity contribution is -0.119. The molecular formula is C17H14F2N4O2. The van der Waals surface area contributed by atoms with E-state index in [0.717, 1.165) is 12.1 Å². The highest BCUT2D eigenvalue weighted by Gasteiger charge is 2.35. The molecule has 0 saturated heterocycles. The normalized spacial score (nSPS) is 16.5. The zero-order valence-corrected chi connectivity index (χ0v) is 12.9. The molecule has 128 valence electrons. The molecule has 8 heteroatoms. The third-order valence-corrected chi connectivity index (χ3v) is 3.72. The molecule has 0 radical (unpaired) electrons. The molecule has 1 aliphatic rings. The second-order valence-electron chi connectivity index (χ2n) is 5.40. The van der Waals surface area contributed by atoms with Gasteiger partial charge >= 0.3 is 0 Å². The number of carbonyl (C=O) groups excluding carboxylic acids is 2. The number of carbonyl (C=O) groups is 2. The summed E-state index contributed by atoms with van der Waals surface area (Å²) in [6, 6.07) is 11.1. The van der Waals surface area contributed by atoms with Crippen molar-refractivity contribution >= 4 is 28.9 Å². The molecule has 0 aromatic heterocycles. The van der Waals surface area contributed by atoms with Gasteiger partial charge in [0.1, 0.15) is 29.1 Å². The smallest absolute Gasteiger partial charge is 0.272 e. The van der Waals surface area contributed by atoms with Crippen LogP contribution in [-0.4, -0.2) is 23.6 Å². The SMILES string of the molecule is NC(=O)C1CC(C(=O)Nc2c(F)cccc2F)=NN1c1ccccc1. The van der Waals surface area contributed by atoms with E-state index in [9.17, 15) is 18.4 Å². The minimum Gasteiger partial charge on any atom is -0.368 e. The van der Waals surface area contributed by atoms with Gasteiger partial charge in [0, 0.05) is 6.42 Å². The summed E-state index contributed by atoms with van der Waals surface area (Å²) >= 11 is 0. The number of primary amides is 1. The topological polar surface area (TPSA) is 87.8 Å². The van der Waals surface area contributed by atoms with Gasteiger partial charge in [-0.3, -0.25) is 14.6 Å². The van der Waals surface area contributed by atoms with Crippen LogP contribution in [0.1, 0.15) is 6.42 Å². The summed E-state index contributed by atoms with van der Waals surface area (Å²) in [5, 5.41) is 7.59. The minimum absolute atomic E-state index is 0.0460. The number of halogens is 2. The maximum atomic E-state index is 13.7. The Balaban J connectivity index is 1.87. The maximum Gasteiger partial charge on any atom is 0.272 e. The average Bonchev–Trinajstić information content (AvgIpc) is 3.05. The third kappa shape index (κ3) is 3.32. The number of rotatable bonds is 4. The van der Waals surface area contributed by atoms with Crippen LogP contribution in [0.5, 0.6) is 0 Å². The molecule has 2 amide bonds. The predicted molar refractivity (Wildman–Crippen MR) is 88.9 cm³/mol.